The first kappa shape index (κ1) is 13.4. The van der Waals surface area contributed by atoms with Crippen LogP contribution in [0.1, 0.15) is 6.92 Å². The highest BCUT2D eigenvalue weighted by Crippen LogP contribution is 2.21. The minimum Gasteiger partial charge on any atom is -0.494 e. The van der Waals surface area contributed by atoms with E-state index in [1.54, 1.807) is 10.6 Å². The molecule has 0 bridgehead atoms. The van der Waals surface area contributed by atoms with Crippen molar-refractivity contribution in [2.45, 2.75) is 13.5 Å². The van der Waals surface area contributed by atoms with Crippen molar-refractivity contribution >= 4 is 0 Å². The molecule has 1 aromatic heterocycles. The number of aromatic nitrogens is 1. The third-order valence-corrected chi connectivity index (χ3v) is 2.85. The summed E-state index contributed by atoms with van der Waals surface area (Å²) in [6.45, 7) is 3.59. The molecule has 0 fully saturated rings. The van der Waals surface area contributed by atoms with E-state index in [9.17, 15) is 4.79 Å². The number of nitrogens with zero attached hydrogens (tertiary/aromatic N) is 1. The quantitative estimate of drug-likeness (QED) is 0.890. The van der Waals surface area contributed by atoms with Crippen LogP contribution in [0.2, 0.25) is 0 Å². The van der Waals surface area contributed by atoms with Gasteiger partial charge in [-0.2, -0.15) is 0 Å². The van der Waals surface area contributed by atoms with Crippen LogP contribution in [0.25, 0.3) is 11.1 Å². The molecule has 0 radical (unpaired) electrons. The molecule has 0 amide bonds. The first-order valence-electron chi connectivity index (χ1n) is 6.38. The zero-order valence-corrected chi connectivity index (χ0v) is 11.0. The predicted molar refractivity (Wildman–Crippen MR) is 76.4 cm³/mol. The Balaban J connectivity index is 2.30. The van der Waals surface area contributed by atoms with Gasteiger partial charge in [0.1, 0.15) is 5.75 Å². The average Bonchev–Trinajstić information content (AvgIpc) is 2.43. The van der Waals surface area contributed by atoms with Crippen molar-refractivity contribution in [1.29, 1.82) is 0 Å². The van der Waals surface area contributed by atoms with E-state index in [-0.39, 0.29) is 5.56 Å². The molecule has 0 atom stereocenters. The van der Waals surface area contributed by atoms with Gasteiger partial charge in [0.15, 0.2) is 0 Å². The van der Waals surface area contributed by atoms with Crippen molar-refractivity contribution in [2.75, 3.05) is 13.2 Å². The lowest BCUT2D eigenvalue weighted by Gasteiger charge is -2.08. The van der Waals surface area contributed by atoms with Gasteiger partial charge < -0.3 is 15.0 Å². The monoisotopic (exact) mass is 258 g/mol. The Morgan fingerprint density at radius 2 is 1.79 bits per heavy atom. The summed E-state index contributed by atoms with van der Waals surface area (Å²) < 4.78 is 7.04. The smallest absolute Gasteiger partial charge is 0.250 e. The SMILES string of the molecule is CCOc1ccc(-c2ccc(=O)n(CCN)c2)cc1. The molecular formula is C15H18N2O2. The summed E-state index contributed by atoms with van der Waals surface area (Å²) in [6, 6.07) is 11.2. The molecule has 2 N–H and O–H groups in total. The lowest BCUT2D eigenvalue weighted by atomic mass is 10.1. The van der Waals surface area contributed by atoms with Crippen LogP contribution in [0.5, 0.6) is 5.75 Å². The number of nitrogens with two attached hydrogens (primary N) is 1. The minimum absolute atomic E-state index is 0.0277. The Morgan fingerprint density at radius 3 is 2.42 bits per heavy atom. The van der Waals surface area contributed by atoms with E-state index in [4.69, 9.17) is 10.5 Å². The van der Waals surface area contributed by atoms with Crippen LogP contribution in [-0.4, -0.2) is 17.7 Å². The van der Waals surface area contributed by atoms with Gasteiger partial charge in [-0.25, -0.2) is 0 Å². The standard InChI is InChI=1S/C15H18N2O2/c1-2-19-14-6-3-12(4-7-14)13-5-8-15(18)17(11-13)10-9-16/h3-8,11H,2,9-10,16H2,1H3. The summed E-state index contributed by atoms with van der Waals surface area (Å²) >= 11 is 0. The maximum Gasteiger partial charge on any atom is 0.250 e. The lowest BCUT2D eigenvalue weighted by molar-refractivity contribution is 0.340. The van der Waals surface area contributed by atoms with Gasteiger partial charge in [-0.15, -0.1) is 0 Å². The van der Waals surface area contributed by atoms with E-state index in [0.717, 1.165) is 16.9 Å². The highest BCUT2D eigenvalue weighted by Gasteiger charge is 2.01. The second-order valence-electron chi connectivity index (χ2n) is 4.20. The lowest BCUT2D eigenvalue weighted by Crippen LogP contribution is -2.22. The van der Waals surface area contributed by atoms with Gasteiger partial charge in [-0.3, -0.25) is 4.79 Å². The number of benzene rings is 1. The summed E-state index contributed by atoms with van der Waals surface area (Å²) in [5.74, 6) is 0.849. The molecule has 0 aliphatic rings. The van der Waals surface area contributed by atoms with E-state index < -0.39 is 0 Å². The molecule has 19 heavy (non-hydrogen) atoms. The molecule has 100 valence electrons. The Hall–Kier alpha value is -2.07. The highest BCUT2D eigenvalue weighted by molar-refractivity contribution is 5.63. The van der Waals surface area contributed by atoms with E-state index in [1.165, 1.54) is 0 Å². The van der Waals surface area contributed by atoms with Gasteiger partial charge in [0.2, 0.25) is 0 Å². The van der Waals surface area contributed by atoms with Crippen LogP contribution in [0.4, 0.5) is 0 Å². The largest absolute Gasteiger partial charge is 0.494 e. The Kier molecular flexibility index (Phi) is 4.36. The van der Waals surface area contributed by atoms with E-state index in [1.807, 2.05) is 43.5 Å². The van der Waals surface area contributed by atoms with E-state index in [2.05, 4.69) is 0 Å². The van der Waals surface area contributed by atoms with Crippen LogP contribution in [0, 0.1) is 0 Å². The first-order chi connectivity index (χ1) is 9.24. The maximum atomic E-state index is 11.6. The molecule has 1 heterocycles. The molecule has 0 unspecified atom stereocenters. The average molecular weight is 258 g/mol. The summed E-state index contributed by atoms with van der Waals surface area (Å²) in [7, 11) is 0. The predicted octanol–water partition coefficient (Wildman–Crippen LogP) is 1.87. The van der Waals surface area contributed by atoms with Crippen LogP contribution in [0.3, 0.4) is 0 Å². The third-order valence-electron chi connectivity index (χ3n) is 2.85. The highest BCUT2D eigenvalue weighted by atomic mass is 16.5. The summed E-state index contributed by atoms with van der Waals surface area (Å²) in [5.41, 5.74) is 7.51. The van der Waals surface area contributed by atoms with Gasteiger partial charge in [0.05, 0.1) is 6.61 Å². The number of pyridine rings is 1. The first-order valence-corrected chi connectivity index (χ1v) is 6.38. The number of ether oxygens (including phenoxy) is 1. The van der Waals surface area contributed by atoms with Gasteiger partial charge in [0.25, 0.3) is 5.56 Å². The number of hydrogen-bond acceptors (Lipinski definition) is 3. The van der Waals surface area contributed by atoms with E-state index >= 15 is 0 Å². The van der Waals surface area contributed by atoms with Crippen LogP contribution < -0.4 is 16.0 Å². The maximum absolute atomic E-state index is 11.6. The van der Waals surface area contributed by atoms with Gasteiger partial charge in [-0.05, 0) is 36.2 Å². The number of rotatable bonds is 5. The van der Waals surface area contributed by atoms with Gasteiger partial charge in [-0.1, -0.05) is 12.1 Å². The molecule has 0 aliphatic carbocycles. The van der Waals surface area contributed by atoms with Gasteiger partial charge >= 0.3 is 0 Å². The Labute approximate surface area is 112 Å². The molecule has 2 rings (SSSR count). The summed E-state index contributed by atoms with van der Waals surface area (Å²) in [5, 5.41) is 0. The molecule has 4 nitrogen and oxygen atoms in total. The molecule has 4 heteroatoms. The van der Waals surface area contributed by atoms with Crippen molar-refractivity contribution in [3.05, 3.63) is 52.9 Å². The molecule has 0 aliphatic heterocycles. The molecule has 0 spiro atoms. The normalized spacial score (nSPS) is 10.4. The van der Waals surface area contributed by atoms with Crippen molar-refractivity contribution in [3.8, 4) is 16.9 Å². The zero-order chi connectivity index (χ0) is 13.7. The van der Waals surface area contributed by atoms with E-state index in [0.29, 0.717) is 19.7 Å². The van der Waals surface area contributed by atoms with Crippen molar-refractivity contribution in [3.63, 3.8) is 0 Å². The molecular weight excluding hydrogens is 240 g/mol. The topological polar surface area (TPSA) is 57.2 Å². The third kappa shape index (κ3) is 3.23. The van der Waals surface area contributed by atoms with Gasteiger partial charge in [0, 0.05) is 25.4 Å². The second-order valence-corrected chi connectivity index (χ2v) is 4.20. The fourth-order valence-corrected chi connectivity index (χ4v) is 1.93. The van der Waals surface area contributed by atoms with Crippen LogP contribution in [-0.2, 0) is 6.54 Å². The molecule has 2 aromatic rings. The van der Waals surface area contributed by atoms with Crippen molar-refractivity contribution in [1.82, 2.24) is 4.57 Å². The fourth-order valence-electron chi connectivity index (χ4n) is 1.93. The molecule has 1 aromatic carbocycles. The second kappa shape index (κ2) is 6.20. The fraction of sp³-hybridized carbons (Fsp3) is 0.267. The Morgan fingerprint density at radius 1 is 1.11 bits per heavy atom. The Bertz CT molecular complexity index is 588. The zero-order valence-electron chi connectivity index (χ0n) is 11.0. The number of hydrogen-bond donors (Lipinski definition) is 1. The molecule has 0 saturated heterocycles. The molecule has 0 saturated carbocycles. The minimum atomic E-state index is -0.0277. The van der Waals surface area contributed by atoms with Crippen LogP contribution >= 0.6 is 0 Å². The summed E-state index contributed by atoms with van der Waals surface area (Å²) in [4.78, 5) is 11.6. The van der Waals surface area contributed by atoms with Crippen molar-refractivity contribution < 1.29 is 4.74 Å². The van der Waals surface area contributed by atoms with Crippen LogP contribution in [0.15, 0.2) is 47.4 Å². The van der Waals surface area contributed by atoms with Crippen molar-refractivity contribution in [2.24, 2.45) is 5.73 Å². The summed E-state index contributed by atoms with van der Waals surface area (Å²) in [6.07, 6.45) is 1.84.